The van der Waals surface area contributed by atoms with Gasteiger partial charge in [-0.3, -0.25) is 14.4 Å². The number of rotatable bonds is 6. The molecular weight excluding hydrogens is 424 g/mol. The summed E-state index contributed by atoms with van der Waals surface area (Å²) in [4.78, 5) is 38.9. The van der Waals surface area contributed by atoms with Crippen molar-refractivity contribution in [2.75, 3.05) is 19.1 Å². The van der Waals surface area contributed by atoms with Gasteiger partial charge < -0.3 is 13.9 Å². The van der Waals surface area contributed by atoms with Crippen molar-refractivity contribution in [1.82, 2.24) is 0 Å². The van der Waals surface area contributed by atoms with Gasteiger partial charge in [0.1, 0.15) is 16.7 Å². The molecule has 7 nitrogen and oxygen atoms in total. The molecule has 1 aromatic carbocycles. The molecule has 0 atom stereocenters. The van der Waals surface area contributed by atoms with E-state index in [-0.39, 0.29) is 11.1 Å². The molecule has 0 saturated carbocycles. The van der Waals surface area contributed by atoms with E-state index in [1.165, 1.54) is 6.08 Å². The third kappa shape index (κ3) is 4.15. The van der Waals surface area contributed by atoms with Gasteiger partial charge in [-0.1, -0.05) is 12.5 Å². The van der Waals surface area contributed by atoms with Crippen LogP contribution in [0.1, 0.15) is 57.2 Å². The number of nitrogens with zero attached hydrogens (tertiary/aromatic N) is 1. The van der Waals surface area contributed by atoms with Crippen molar-refractivity contribution in [3.05, 3.63) is 39.7 Å². The molecule has 0 spiro atoms. The molecule has 0 radical (unpaired) electrons. The van der Waals surface area contributed by atoms with Crippen LogP contribution in [0, 0.1) is 11.6 Å². The Labute approximate surface area is 183 Å². The zero-order valence-electron chi connectivity index (χ0n) is 19.0. The largest absolute Gasteiger partial charge is 0.494 e. The molecule has 0 fully saturated rings. The number of hydrogen-bond donors (Lipinski definition) is 0. The number of imide groups is 1. The molecule has 0 bridgehead atoms. The van der Waals surface area contributed by atoms with Crippen LogP contribution in [0.25, 0.3) is 11.6 Å². The molecule has 1 aromatic heterocycles. The maximum absolute atomic E-state index is 15.0. The minimum Gasteiger partial charge on any atom is -0.494 e. The van der Waals surface area contributed by atoms with Crippen LogP contribution in [-0.2, 0) is 9.59 Å². The lowest BCUT2D eigenvalue weighted by Crippen LogP contribution is -2.39. The van der Waals surface area contributed by atoms with Gasteiger partial charge in [0.25, 0.3) is 0 Å². The van der Waals surface area contributed by atoms with Crippen molar-refractivity contribution in [2.45, 2.75) is 41.0 Å². The summed E-state index contributed by atoms with van der Waals surface area (Å²) in [5, 5.41) is 0.333. The maximum Gasteiger partial charge on any atom is 0.236 e. The zero-order chi connectivity index (χ0) is 24.3. The summed E-state index contributed by atoms with van der Waals surface area (Å²) in [6, 6.07) is 0.966. The average Bonchev–Trinajstić information content (AvgIpc) is 3.12. The molecule has 2 amide bonds. The first-order valence-corrected chi connectivity index (χ1v) is 9.80. The summed E-state index contributed by atoms with van der Waals surface area (Å²) in [7, 11) is 2.30. The molecule has 0 saturated heterocycles. The minimum atomic E-state index is -1.27. The molecule has 0 N–H and O–H groups in total. The molecule has 32 heavy (non-hydrogen) atoms. The summed E-state index contributed by atoms with van der Waals surface area (Å²) in [6.07, 6.45) is 2.03. The number of ether oxygens (including phenoxy) is 2. The second-order valence-electron chi connectivity index (χ2n) is 6.93. The van der Waals surface area contributed by atoms with E-state index in [9.17, 15) is 14.4 Å². The minimum absolute atomic E-state index is 0.164. The number of anilines is 1. The molecule has 172 valence electrons. The van der Waals surface area contributed by atoms with Crippen molar-refractivity contribution >= 4 is 34.9 Å². The number of methoxy groups -OCH3 is 2. The van der Waals surface area contributed by atoms with E-state index in [0.29, 0.717) is 17.2 Å². The lowest BCUT2D eigenvalue weighted by molar-refractivity contribution is -0.124. The number of carbonyl (C=O) groups excluding carboxylic acids is 3. The lowest BCUT2D eigenvalue weighted by atomic mass is 10.0. The van der Waals surface area contributed by atoms with E-state index >= 15 is 8.78 Å². The summed E-state index contributed by atoms with van der Waals surface area (Å²) in [6.45, 7) is 7.48. The van der Waals surface area contributed by atoms with Crippen LogP contribution in [0.2, 0.25) is 0 Å². The number of halogens is 2. The van der Waals surface area contributed by atoms with Crippen molar-refractivity contribution in [3.8, 4) is 11.5 Å². The Morgan fingerprint density at radius 2 is 1.53 bits per heavy atom. The first kappa shape index (κ1) is 24.8. The Bertz CT molecular complexity index is 1170. The van der Waals surface area contributed by atoms with E-state index in [4.69, 9.17) is 13.9 Å². The van der Waals surface area contributed by atoms with Gasteiger partial charge in [0, 0.05) is 25.1 Å². The highest BCUT2D eigenvalue weighted by Crippen LogP contribution is 2.34. The van der Waals surface area contributed by atoms with E-state index in [2.05, 4.69) is 0 Å². The summed E-state index contributed by atoms with van der Waals surface area (Å²) < 4.78 is 45.5. The van der Waals surface area contributed by atoms with Gasteiger partial charge in [0.15, 0.2) is 28.9 Å². The Kier molecular flexibility index (Phi) is 7.56. The van der Waals surface area contributed by atoms with Crippen LogP contribution in [0.4, 0.5) is 14.5 Å². The third-order valence-corrected chi connectivity index (χ3v) is 4.99. The maximum atomic E-state index is 15.0. The normalized spacial score (nSPS) is 12.5. The molecule has 2 rings (SSSR count). The van der Waals surface area contributed by atoms with Gasteiger partial charge >= 0.3 is 0 Å². The van der Waals surface area contributed by atoms with Gasteiger partial charge in [-0.2, -0.15) is 0 Å². The first-order valence-electron chi connectivity index (χ1n) is 9.80. The molecular formula is C23H25F2NO6. The number of ketones is 1. The number of hydrogen-bond acceptors (Lipinski definition) is 6. The molecule has 0 unspecified atom stereocenters. The highest BCUT2D eigenvalue weighted by Gasteiger charge is 2.34. The van der Waals surface area contributed by atoms with Gasteiger partial charge in [0.2, 0.25) is 17.6 Å². The zero-order valence-corrected chi connectivity index (χ0v) is 19.0. The summed E-state index contributed by atoms with van der Waals surface area (Å²) >= 11 is 0. The number of amides is 2. The first-order chi connectivity index (χ1) is 15.0. The van der Waals surface area contributed by atoms with Crippen molar-refractivity contribution in [3.63, 3.8) is 0 Å². The molecule has 0 aliphatic rings. The van der Waals surface area contributed by atoms with Crippen molar-refractivity contribution in [1.29, 1.82) is 0 Å². The molecule has 0 aliphatic carbocycles. The second kappa shape index (κ2) is 9.76. The van der Waals surface area contributed by atoms with Gasteiger partial charge in [-0.15, -0.1) is 0 Å². The SMILES string of the molecule is C/C=c1/oc(C(=O)c2c(F)c(OC)cc(OC)c2F)c(N(C(C)=O)C(C)=O)/c1=C(\C)CC. The standard InChI is InChI=1S/C23H25F2NO6/c1-8-11(3)17-14(9-2)32-23(21(17)26(12(4)27)13(5)28)22(29)18-19(24)15(30-6)10-16(31-7)20(18)25/h9-10H,8H2,1-7H3/b14-9+,17-11+. The smallest absolute Gasteiger partial charge is 0.236 e. The van der Waals surface area contributed by atoms with Crippen LogP contribution in [0.5, 0.6) is 11.5 Å². The fourth-order valence-electron chi connectivity index (χ4n) is 3.33. The highest BCUT2D eigenvalue weighted by molar-refractivity contribution is 6.19. The topological polar surface area (TPSA) is 86.1 Å². The Morgan fingerprint density at radius 3 is 1.91 bits per heavy atom. The van der Waals surface area contributed by atoms with Crippen LogP contribution < -0.4 is 25.0 Å². The van der Waals surface area contributed by atoms with Gasteiger partial charge in [-0.25, -0.2) is 13.7 Å². The second-order valence-corrected chi connectivity index (χ2v) is 6.93. The van der Waals surface area contributed by atoms with Crippen LogP contribution in [-0.4, -0.2) is 31.8 Å². The predicted octanol–water partition coefficient (Wildman–Crippen LogP) is 3.09. The Balaban J connectivity index is 3.07. The number of benzene rings is 1. The lowest BCUT2D eigenvalue weighted by Gasteiger charge is -2.18. The predicted molar refractivity (Wildman–Crippen MR) is 114 cm³/mol. The van der Waals surface area contributed by atoms with E-state index in [0.717, 1.165) is 39.0 Å². The molecule has 9 heteroatoms. The van der Waals surface area contributed by atoms with Crippen molar-refractivity contribution in [2.24, 2.45) is 0 Å². The Hall–Kier alpha value is -3.49. The van der Waals surface area contributed by atoms with Crippen LogP contribution in [0.3, 0.4) is 0 Å². The fraction of sp³-hybridized carbons (Fsp3) is 0.348. The van der Waals surface area contributed by atoms with Gasteiger partial charge in [-0.05, 0) is 26.3 Å². The molecule has 0 aliphatic heterocycles. The van der Waals surface area contributed by atoms with E-state index in [1.54, 1.807) is 13.8 Å². The van der Waals surface area contributed by atoms with Crippen molar-refractivity contribution < 1.29 is 37.1 Å². The van der Waals surface area contributed by atoms with Crippen LogP contribution >= 0.6 is 0 Å². The monoisotopic (exact) mass is 449 g/mol. The van der Waals surface area contributed by atoms with Crippen LogP contribution in [0.15, 0.2) is 10.5 Å². The summed E-state index contributed by atoms with van der Waals surface area (Å²) in [5.41, 5.74) is -0.270. The van der Waals surface area contributed by atoms with E-state index in [1.807, 2.05) is 6.92 Å². The average molecular weight is 449 g/mol. The Morgan fingerprint density at radius 1 is 1.03 bits per heavy atom. The highest BCUT2D eigenvalue weighted by atomic mass is 19.1. The molecule has 1 heterocycles. The quantitative estimate of drug-likeness (QED) is 0.630. The third-order valence-electron chi connectivity index (χ3n) is 4.99. The van der Waals surface area contributed by atoms with Gasteiger partial charge in [0.05, 0.1) is 14.2 Å². The number of furan rings is 1. The molecule has 2 aromatic rings. The fourth-order valence-corrected chi connectivity index (χ4v) is 3.33. The van der Waals surface area contributed by atoms with E-state index < -0.39 is 52.1 Å². The number of carbonyl (C=O) groups is 3. The summed E-state index contributed by atoms with van der Waals surface area (Å²) in [5.74, 6) is -6.53.